The molecular weight excluding hydrogens is 296 g/mol. The third kappa shape index (κ3) is 3.03. The third-order valence-corrected chi connectivity index (χ3v) is 4.01. The summed E-state index contributed by atoms with van der Waals surface area (Å²) < 4.78 is 1.08. The average molecular weight is 313 g/mol. The second-order valence-electron chi connectivity index (χ2n) is 4.53. The van der Waals surface area contributed by atoms with E-state index in [9.17, 15) is 4.79 Å². The molecule has 1 aromatic carbocycles. The molecule has 98 valence electrons. The fraction of sp³-hybridized carbons (Fsp3) is 0.462. The Kier molecular flexibility index (Phi) is 4.24. The molecule has 0 radical (unpaired) electrons. The summed E-state index contributed by atoms with van der Waals surface area (Å²) in [6, 6.07) is 8.63. The van der Waals surface area contributed by atoms with Gasteiger partial charge in [-0.2, -0.15) is 0 Å². The topological polar surface area (TPSA) is 43.8 Å². The lowest BCUT2D eigenvalue weighted by atomic mass is 10.1. The van der Waals surface area contributed by atoms with Gasteiger partial charge in [0.15, 0.2) is 0 Å². The number of piperazine rings is 1. The molecule has 2 rings (SSSR count). The minimum absolute atomic E-state index is 0.328. The second kappa shape index (κ2) is 5.71. The van der Waals surface area contributed by atoms with Crippen LogP contribution in [0.4, 0.5) is 4.79 Å². The predicted octanol–water partition coefficient (Wildman–Crippen LogP) is 2.81. The van der Waals surface area contributed by atoms with Crippen LogP contribution in [-0.4, -0.2) is 47.2 Å². The minimum atomic E-state index is -0.814. The zero-order valence-electron chi connectivity index (χ0n) is 10.3. The molecule has 5 heteroatoms. The highest BCUT2D eigenvalue weighted by molar-refractivity contribution is 9.10. The number of halogens is 1. The molecule has 1 amide bonds. The Hall–Kier alpha value is -1.07. The SMILES string of the molecule is CC(c1ccc(Br)cc1)N1CCN(C(=O)O)CC1. The Labute approximate surface area is 115 Å². The zero-order chi connectivity index (χ0) is 13.1. The molecule has 0 aliphatic carbocycles. The molecule has 1 aliphatic rings. The summed E-state index contributed by atoms with van der Waals surface area (Å²) in [4.78, 5) is 14.6. The van der Waals surface area contributed by atoms with Crippen molar-refractivity contribution in [1.29, 1.82) is 0 Å². The lowest BCUT2D eigenvalue weighted by Crippen LogP contribution is -2.48. The van der Waals surface area contributed by atoms with Crippen LogP contribution in [0.3, 0.4) is 0 Å². The van der Waals surface area contributed by atoms with E-state index in [1.54, 1.807) is 0 Å². The molecule has 0 aromatic heterocycles. The van der Waals surface area contributed by atoms with Crippen LogP contribution in [0.15, 0.2) is 28.7 Å². The van der Waals surface area contributed by atoms with E-state index in [0.29, 0.717) is 19.1 Å². The van der Waals surface area contributed by atoms with Gasteiger partial charge in [-0.1, -0.05) is 28.1 Å². The van der Waals surface area contributed by atoms with Crippen molar-refractivity contribution < 1.29 is 9.90 Å². The molecule has 0 spiro atoms. The molecule has 0 bridgehead atoms. The first kappa shape index (κ1) is 13.4. The van der Waals surface area contributed by atoms with E-state index in [1.807, 2.05) is 12.1 Å². The van der Waals surface area contributed by atoms with E-state index in [4.69, 9.17) is 5.11 Å². The molecule has 1 aromatic rings. The quantitative estimate of drug-likeness (QED) is 0.913. The summed E-state index contributed by atoms with van der Waals surface area (Å²) in [6.45, 7) is 4.94. The minimum Gasteiger partial charge on any atom is -0.465 e. The molecule has 18 heavy (non-hydrogen) atoms. The number of benzene rings is 1. The molecule has 1 unspecified atom stereocenters. The van der Waals surface area contributed by atoms with Gasteiger partial charge in [0.05, 0.1) is 0 Å². The van der Waals surface area contributed by atoms with Crippen LogP contribution in [0, 0.1) is 0 Å². The number of carbonyl (C=O) groups is 1. The number of hydrogen-bond donors (Lipinski definition) is 1. The van der Waals surface area contributed by atoms with E-state index in [1.165, 1.54) is 10.5 Å². The van der Waals surface area contributed by atoms with Gasteiger partial charge in [-0.05, 0) is 24.6 Å². The summed E-state index contributed by atoms with van der Waals surface area (Å²) in [5, 5.41) is 8.91. The van der Waals surface area contributed by atoms with Crippen LogP contribution in [0.1, 0.15) is 18.5 Å². The first-order valence-corrected chi connectivity index (χ1v) is 6.84. The molecule has 1 heterocycles. The molecular formula is C13H17BrN2O2. The van der Waals surface area contributed by atoms with Crippen LogP contribution in [0.5, 0.6) is 0 Å². The number of carboxylic acid groups (broad SMARTS) is 1. The Balaban J connectivity index is 1.97. The van der Waals surface area contributed by atoms with Crippen LogP contribution < -0.4 is 0 Å². The molecule has 1 saturated heterocycles. The summed E-state index contributed by atoms with van der Waals surface area (Å²) in [7, 11) is 0. The van der Waals surface area contributed by atoms with Crippen molar-refractivity contribution in [3.8, 4) is 0 Å². The van der Waals surface area contributed by atoms with Gasteiger partial charge in [0.25, 0.3) is 0 Å². The summed E-state index contributed by atoms with van der Waals surface area (Å²) in [5.74, 6) is 0. The first-order valence-electron chi connectivity index (χ1n) is 6.05. The highest BCUT2D eigenvalue weighted by atomic mass is 79.9. The Morgan fingerprint density at radius 2 is 1.78 bits per heavy atom. The Bertz CT molecular complexity index is 414. The van der Waals surface area contributed by atoms with Crippen LogP contribution >= 0.6 is 15.9 Å². The van der Waals surface area contributed by atoms with Crippen molar-refractivity contribution in [2.75, 3.05) is 26.2 Å². The molecule has 0 saturated carbocycles. The smallest absolute Gasteiger partial charge is 0.407 e. The van der Waals surface area contributed by atoms with Crippen molar-refractivity contribution in [2.24, 2.45) is 0 Å². The maximum Gasteiger partial charge on any atom is 0.407 e. The maximum absolute atomic E-state index is 10.8. The van der Waals surface area contributed by atoms with Gasteiger partial charge >= 0.3 is 6.09 Å². The third-order valence-electron chi connectivity index (χ3n) is 3.48. The zero-order valence-corrected chi connectivity index (χ0v) is 11.9. The number of amides is 1. The normalized spacial score (nSPS) is 18.7. The molecule has 1 fully saturated rings. The van der Waals surface area contributed by atoms with Crippen molar-refractivity contribution in [1.82, 2.24) is 9.80 Å². The number of hydrogen-bond acceptors (Lipinski definition) is 2. The average Bonchev–Trinajstić information content (AvgIpc) is 2.39. The Morgan fingerprint density at radius 1 is 1.22 bits per heavy atom. The number of nitrogens with zero attached hydrogens (tertiary/aromatic N) is 2. The lowest BCUT2D eigenvalue weighted by Gasteiger charge is -2.37. The van der Waals surface area contributed by atoms with Gasteiger partial charge in [-0.3, -0.25) is 4.90 Å². The molecule has 1 atom stereocenters. The van der Waals surface area contributed by atoms with E-state index in [0.717, 1.165) is 17.6 Å². The highest BCUT2D eigenvalue weighted by Crippen LogP contribution is 2.23. The van der Waals surface area contributed by atoms with Gasteiger partial charge in [-0.25, -0.2) is 4.79 Å². The maximum atomic E-state index is 10.8. The van der Waals surface area contributed by atoms with Gasteiger partial charge in [0, 0.05) is 36.7 Å². The van der Waals surface area contributed by atoms with Crippen molar-refractivity contribution >= 4 is 22.0 Å². The molecule has 1 N–H and O–H groups in total. The van der Waals surface area contributed by atoms with Crippen LogP contribution in [0.2, 0.25) is 0 Å². The van der Waals surface area contributed by atoms with Crippen molar-refractivity contribution in [3.63, 3.8) is 0 Å². The van der Waals surface area contributed by atoms with E-state index < -0.39 is 6.09 Å². The van der Waals surface area contributed by atoms with Gasteiger partial charge in [-0.15, -0.1) is 0 Å². The van der Waals surface area contributed by atoms with E-state index >= 15 is 0 Å². The van der Waals surface area contributed by atoms with Crippen molar-refractivity contribution in [2.45, 2.75) is 13.0 Å². The van der Waals surface area contributed by atoms with Crippen LogP contribution in [-0.2, 0) is 0 Å². The largest absolute Gasteiger partial charge is 0.465 e. The van der Waals surface area contributed by atoms with Crippen LogP contribution in [0.25, 0.3) is 0 Å². The van der Waals surface area contributed by atoms with E-state index in [-0.39, 0.29) is 0 Å². The first-order chi connectivity index (χ1) is 8.58. The van der Waals surface area contributed by atoms with Crippen molar-refractivity contribution in [3.05, 3.63) is 34.3 Å². The fourth-order valence-corrected chi connectivity index (χ4v) is 2.52. The molecule has 4 nitrogen and oxygen atoms in total. The fourth-order valence-electron chi connectivity index (χ4n) is 2.25. The Morgan fingerprint density at radius 3 is 2.28 bits per heavy atom. The highest BCUT2D eigenvalue weighted by Gasteiger charge is 2.24. The summed E-state index contributed by atoms with van der Waals surface area (Å²) in [5.41, 5.74) is 1.27. The number of rotatable bonds is 2. The lowest BCUT2D eigenvalue weighted by molar-refractivity contribution is 0.0889. The van der Waals surface area contributed by atoms with E-state index in [2.05, 4.69) is 39.9 Å². The predicted molar refractivity (Wildman–Crippen MR) is 73.7 cm³/mol. The summed E-state index contributed by atoms with van der Waals surface area (Å²) in [6.07, 6.45) is -0.814. The monoisotopic (exact) mass is 312 g/mol. The second-order valence-corrected chi connectivity index (χ2v) is 5.45. The van der Waals surface area contributed by atoms with Gasteiger partial charge in [0.2, 0.25) is 0 Å². The summed E-state index contributed by atoms with van der Waals surface area (Å²) >= 11 is 3.43. The molecule has 1 aliphatic heterocycles. The van der Waals surface area contributed by atoms with Gasteiger partial charge in [0.1, 0.15) is 0 Å². The van der Waals surface area contributed by atoms with Gasteiger partial charge < -0.3 is 10.0 Å². The standard InChI is InChI=1S/C13H17BrN2O2/c1-10(11-2-4-12(14)5-3-11)15-6-8-16(9-7-15)13(17)18/h2-5,10H,6-9H2,1H3,(H,17,18).